The molecule has 0 unspecified atom stereocenters. The molecule has 2 aromatic rings. The minimum atomic E-state index is -0.600. The number of carbonyl (C=O) groups is 1. The molecular weight excluding hydrogens is 265 g/mol. The summed E-state index contributed by atoms with van der Waals surface area (Å²) in [7, 11) is 0. The number of fused-ring (bicyclic) bond motifs is 1. The number of hydrogen-bond acceptors (Lipinski definition) is 5. The Morgan fingerprint density at radius 2 is 2.10 bits per heavy atom. The molecule has 1 amide bonds. The second kappa shape index (κ2) is 5.62. The van der Waals surface area contributed by atoms with Gasteiger partial charge in [0.2, 0.25) is 0 Å². The first kappa shape index (κ1) is 13.2. The number of nitrogens with zero attached hydrogens (tertiary/aromatic N) is 4. The molecule has 2 rings (SSSR count). The molecule has 0 saturated heterocycles. The Morgan fingerprint density at radius 1 is 1.40 bits per heavy atom. The van der Waals surface area contributed by atoms with Crippen molar-refractivity contribution in [1.29, 1.82) is 5.26 Å². The van der Waals surface area contributed by atoms with Crippen molar-refractivity contribution in [3.63, 3.8) is 0 Å². The van der Waals surface area contributed by atoms with Crippen LogP contribution in [0.5, 0.6) is 0 Å². The monoisotopic (exact) mass is 274 g/mol. The molecule has 0 bridgehead atoms. The van der Waals surface area contributed by atoms with E-state index in [2.05, 4.69) is 10.5 Å². The van der Waals surface area contributed by atoms with E-state index in [0.717, 1.165) is 12.4 Å². The van der Waals surface area contributed by atoms with Gasteiger partial charge in [-0.25, -0.2) is 5.43 Å². The highest BCUT2D eigenvalue weighted by atomic mass is 16.5. The van der Waals surface area contributed by atoms with Crippen molar-refractivity contribution in [2.24, 2.45) is 5.10 Å². The topological polar surface area (TPSA) is 119 Å². The van der Waals surface area contributed by atoms with Crippen molar-refractivity contribution in [3.05, 3.63) is 46.6 Å². The number of carbonyl (C=O) groups excluding carboxylic acids is 1. The van der Waals surface area contributed by atoms with E-state index in [9.17, 15) is 15.2 Å². The van der Waals surface area contributed by atoms with Gasteiger partial charge >= 0.3 is 5.69 Å². The Hall–Kier alpha value is -3.21. The molecule has 1 aromatic heterocycles. The fourth-order valence-electron chi connectivity index (χ4n) is 1.57. The molecule has 8 nitrogen and oxygen atoms in total. The number of hydrazone groups is 1. The van der Waals surface area contributed by atoms with E-state index in [1.807, 2.05) is 0 Å². The zero-order valence-electron chi connectivity index (χ0n) is 10.2. The third kappa shape index (κ3) is 2.62. The number of hydrogen-bond donors (Lipinski definition) is 1. The Balaban J connectivity index is 2.32. The van der Waals surface area contributed by atoms with E-state index in [4.69, 9.17) is 5.26 Å². The molecule has 0 aliphatic carbocycles. The van der Waals surface area contributed by atoms with Gasteiger partial charge < -0.3 is 10.4 Å². The smallest absolute Gasteiger partial charge is 0.302 e. The fraction of sp³-hybridized carbons (Fsp3) is 0.0833. The minimum Gasteiger partial charge on any atom is -0.618 e. The van der Waals surface area contributed by atoms with Crippen LogP contribution in [0.2, 0.25) is 0 Å². The summed E-state index contributed by atoms with van der Waals surface area (Å²) in [6, 6.07) is 7.95. The van der Waals surface area contributed by atoms with Crippen LogP contribution in [0.4, 0.5) is 0 Å². The molecule has 0 aliphatic heterocycles. The van der Waals surface area contributed by atoms with E-state index >= 15 is 0 Å². The lowest BCUT2D eigenvalue weighted by atomic mass is 10.3. The summed E-state index contributed by atoms with van der Waals surface area (Å²) in [4.78, 5) is 11.0. The number of benzene rings is 1. The van der Waals surface area contributed by atoms with Gasteiger partial charge in [0.15, 0.2) is 0 Å². The van der Waals surface area contributed by atoms with Gasteiger partial charge in [-0.05, 0) is 0 Å². The van der Waals surface area contributed by atoms with E-state index in [-0.39, 0.29) is 23.1 Å². The summed E-state index contributed by atoms with van der Waals surface area (Å²) in [5.41, 5.74) is 2.46. The first-order chi connectivity index (χ1) is 9.63. The maximum absolute atomic E-state index is 12.0. The highest BCUT2D eigenvalue weighted by Crippen LogP contribution is 2.03. The molecule has 100 valence electrons. The molecule has 0 aliphatic rings. The summed E-state index contributed by atoms with van der Waals surface area (Å²) in [5.74, 6) is -0.600. The van der Waals surface area contributed by atoms with E-state index in [1.165, 1.54) is 12.1 Å². The number of amides is 1. The average molecular weight is 274 g/mol. The quantitative estimate of drug-likeness (QED) is 0.202. The van der Waals surface area contributed by atoms with Crippen LogP contribution in [0.3, 0.4) is 0 Å². The molecule has 0 fully saturated rings. The van der Waals surface area contributed by atoms with E-state index < -0.39 is 5.91 Å². The van der Waals surface area contributed by atoms with Crippen LogP contribution >= 0.6 is 0 Å². The van der Waals surface area contributed by atoms with Gasteiger partial charge in [-0.15, -0.1) is 0 Å². The number of aromatic nitrogens is 2. The first-order valence-corrected chi connectivity index (χ1v) is 5.57. The number of rotatable bonds is 3. The highest BCUT2D eigenvalue weighted by Gasteiger charge is 2.17. The maximum Gasteiger partial charge on any atom is 0.302 e. The molecule has 0 saturated carbocycles. The summed E-state index contributed by atoms with van der Waals surface area (Å²) < 4.78 is 1.08. The standard InChI is InChI=1S/C12H9N5O3/c13-6-5-12(18)15-14-7-9-8-16(19)10-3-1-2-4-11(10)17(9)20/h1-4,7-8H,5H2,(H,15,18)/b14-7+/i6+1,14+1,15+1. The molecule has 0 radical (unpaired) electrons. The molecule has 0 spiro atoms. The van der Waals surface area contributed by atoms with Crippen LogP contribution < -0.4 is 14.9 Å². The van der Waals surface area contributed by atoms with Crippen LogP contribution in [0, 0.1) is 21.7 Å². The molecule has 1 heterocycles. The number of nitrogens with one attached hydrogen (secondary N) is 1. The Bertz CT molecular complexity index is 736. The zero-order chi connectivity index (χ0) is 14.5. The molecule has 1 N–H and O–H groups in total. The number of para-hydroxylation sites is 2. The first-order valence-electron chi connectivity index (χ1n) is 5.57. The van der Waals surface area contributed by atoms with Crippen LogP contribution in [0.15, 0.2) is 35.6 Å². The van der Waals surface area contributed by atoms with Gasteiger partial charge in [-0.1, -0.05) is 12.1 Å². The van der Waals surface area contributed by atoms with Gasteiger partial charge in [0, 0.05) is 12.1 Å². The van der Waals surface area contributed by atoms with Crippen LogP contribution in [0.25, 0.3) is 11.0 Å². The highest BCUT2D eigenvalue weighted by molar-refractivity contribution is 5.81. The van der Waals surface area contributed by atoms with Gasteiger partial charge in [0.25, 0.3) is 23.1 Å². The van der Waals surface area contributed by atoms with Crippen molar-refractivity contribution in [2.45, 2.75) is 6.42 Å². The summed E-state index contributed by atoms with van der Waals surface area (Å²) in [5, 5.41) is 35.5. The Kier molecular flexibility index (Phi) is 3.72. The van der Waals surface area contributed by atoms with Crippen molar-refractivity contribution >= 4 is 23.2 Å². The average Bonchev–Trinajstić information content (AvgIpc) is 2.44. The molecular formula is C12H9N5O3. The predicted octanol–water partition coefficient (Wildman–Crippen LogP) is -0.530. The van der Waals surface area contributed by atoms with Crippen LogP contribution in [-0.4, -0.2) is 12.1 Å². The molecule has 8 heteroatoms. The third-order valence-corrected chi connectivity index (χ3v) is 2.45. The van der Waals surface area contributed by atoms with Crippen LogP contribution in [0.1, 0.15) is 12.1 Å². The van der Waals surface area contributed by atoms with E-state index in [0.29, 0.717) is 9.46 Å². The lowest BCUT2D eigenvalue weighted by Gasteiger charge is -2.05. The lowest BCUT2D eigenvalue weighted by Crippen LogP contribution is -2.41. The van der Waals surface area contributed by atoms with E-state index in [1.54, 1.807) is 18.2 Å². The second-order valence-electron chi connectivity index (χ2n) is 3.79. The summed E-state index contributed by atoms with van der Waals surface area (Å²) >= 11 is 0. The zero-order valence-corrected chi connectivity index (χ0v) is 10.2. The number of nitriles is 1. The fourth-order valence-corrected chi connectivity index (χ4v) is 1.57. The van der Waals surface area contributed by atoms with Gasteiger partial charge in [-0.2, -0.15) is 19.8 Å². The summed E-state index contributed by atoms with van der Waals surface area (Å²) in [6.45, 7) is 0. The summed E-state index contributed by atoms with van der Waals surface area (Å²) in [6.07, 6.45) is 1.76. The molecule has 20 heavy (non-hydrogen) atoms. The second-order valence-corrected chi connectivity index (χ2v) is 3.79. The molecule has 1 aromatic carbocycles. The van der Waals surface area contributed by atoms with Crippen molar-refractivity contribution in [3.8, 4) is 6.07 Å². The normalized spacial score (nSPS) is 10.6. The lowest BCUT2D eigenvalue weighted by molar-refractivity contribution is -0.629. The Labute approximate surface area is 113 Å². The third-order valence-electron chi connectivity index (χ3n) is 2.45. The van der Waals surface area contributed by atoms with Gasteiger partial charge in [0.1, 0.15) is 12.6 Å². The van der Waals surface area contributed by atoms with Gasteiger partial charge in [-0.3, -0.25) is 4.79 Å². The molecule has 0 atom stereocenters. The maximum atomic E-state index is 12.0. The Morgan fingerprint density at radius 3 is 2.80 bits per heavy atom. The van der Waals surface area contributed by atoms with Gasteiger partial charge in [0.05, 0.1) is 6.07 Å². The van der Waals surface area contributed by atoms with Crippen molar-refractivity contribution < 1.29 is 14.3 Å². The SMILES string of the molecule is N#[13C]CC(=O)[15NH]/[15N]=C/c1c[n+]([O-])c2ccccc2[n+]1[O-]. The largest absolute Gasteiger partial charge is 0.618 e. The van der Waals surface area contributed by atoms with Crippen molar-refractivity contribution in [1.82, 2.24) is 5.43 Å². The minimum absolute atomic E-state index is 0.0315. The van der Waals surface area contributed by atoms with Crippen molar-refractivity contribution in [2.75, 3.05) is 0 Å². The predicted molar refractivity (Wildman–Crippen MR) is 67.8 cm³/mol. The van der Waals surface area contributed by atoms with Crippen LogP contribution in [-0.2, 0) is 4.79 Å².